The van der Waals surface area contributed by atoms with Crippen molar-refractivity contribution in [3.05, 3.63) is 33.8 Å². The van der Waals surface area contributed by atoms with Gasteiger partial charge < -0.3 is 0 Å². The van der Waals surface area contributed by atoms with Crippen LogP contribution < -0.4 is 0 Å². The van der Waals surface area contributed by atoms with Crippen molar-refractivity contribution in [2.75, 3.05) is 13.1 Å². The monoisotopic (exact) mass is 439 g/mol. The molecule has 0 saturated heterocycles. The van der Waals surface area contributed by atoms with Gasteiger partial charge in [-0.2, -0.15) is 5.26 Å². The molecule has 0 saturated carbocycles. The van der Waals surface area contributed by atoms with Crippen LogP contribution in [-0.2, 0) is 5.41 Å². The van der Waals surface area contributed by atoms with E-state index >= 15 is 0 Å². The molecule has 0 atom stereocenters. The van der Waals surface area contributed by atoms with Gasteiger partial charge >= 0.3 is 0 Å². The molecule has 29 heavy (non-hydrogen) atoms. The predicted octanol–water partition coefficient (Wildman–Crippen LogP) is 6.77. The van der Waals surface area contributed by atoms with Crippen LogP contribution in [0.1, 0.15) is 73.8 Å². The second kappa shape index (κ2) is 11.6. The number of nitrogens with zero attached hydrogens (tertiary/aromatic N) is 3. The van der Waals surface area contributed by atoms with Crippen molar-refractivity contribution in [2.24, 2.45) is 0 Å². The predicted molar refractivity (Wildman–Crippen MR) is 127 cm³/mol. The van der Waals surface area contributed by atoms with Crippen molar-refractivity contribution in [2.45, 2.75) is 97.8 Å². The lowest BCUT2D eigenvalue weighted by Gasteiger charge is -2.37. The molecule has 0 radical (unpaired) electrons. The van der Waals surface area contributed by atoms with Gasteiger partial charge in [-0.15, -0.1) is 0 Å². The van der Waals surface area contributed by atoms with Crippen molar-refractivity contribution in [3.8, 4) is 6.07 Å². The third-order valence-corrected chi connectivity index (χ3v) is 6.67. The van der Waals surface area contributed by atoms with Crippen molar-refractivity contribution in [3.63, 3.8) is 0 Å². The Hall–Kier alpha value is -0.790. The summed E-state index contributed by atoms with van der Waals surface area (Å²) in [6.45, 7) is 19.5. The molecule has 0 unspecified atom stereocenters. The van der Waals surface area contributed by atoms with E-state index in [1.165, 1.54) is 0 Å². The van der Waals surface area contributed by atoms with Crippen LogP contribution in [0, 0.1) is 11.3 Å². The van der Waals surface area contributed by atoms with E-state index < -0.39 is 5.41 Å². The van der Waals surface area contributed by atoms with Gasteiger partial charge in [0.15, 0.2) is 0 Å². The minimum Gasteiger partial charge on any atom is -0.298 e. The van der Waals surface area contributed by atoms with Gasteiger partial charge in [-0.3, -0.25) is 9.80 Å². The molecule has 0 aliphatic carbocycles. The maximum absolute atomic E-state index is 10.4. The maximum atomic E-state index is 10.4. The number of hydrogen-bond donors (Lipinski definition) is 0. The maximum Gasteiger partial charge on any atom is 0.0847 e. The van der Waals surface area contributed by atoms with Crippen molar-refractivity contribution < 1.29 is 0 Å². The standard InChI is InChI=1S/C24H39Cl2N3/c1-17(2)28(18(3)4)13-11-24(16-27,12-14-29(19(5)6)20(7)8)21-9-10-22(25)23(26)15-21/h9-10,15,17-20H,11-14H2,1-8H3. The Labute approximate surface area is 189 Å². The summed E-state index contributed by atoms with van der Waals surface area (Å²) in [5.41, 5.74) is 0.368. The summed E-state index contributed by atoms with van der Waals surface area (Å²) in [5, 5.41) is 11.4. The van der Waals surface area contributed by atoms with Crippen LogP contribution in [0.5, 0.6) is 0 Å². The van der Waals surface area contributed by atoms with E-state index in [0.29, 0.717) is 34.2 Å². The molecule has 0 N–H and O–H groups in total. The molecule has 3 nitrogen and oxygen atoms in total. The van der Waals surface area contributed by atoms with Gasteiger partial charge in [0.1, 0.15) is 0 Å². The van der Waals surface area contributed by atoms with Gasteiger partial charge in [0, 0.05) is 37.3 Å². The Morgan fingerprint density at radius 1 is 0.793 bits per heavy atom. The summed E-state index contributed by atoms with van der Waals surface area (Å²) >= 11 is 12.5. The van der Waals surface area contributed by atoms with E-state index in [-0.39, 0.29) is 0 Å². The van der Waals surface area contributed by atoms with E-state index in [4.69, 9.17) is 23.2 Å². The van der Waals surface area contributed by atoms with Crippen LogP contribution in [0.15, 0.2) is 18.2 Å². The van der Waals surface area contributed by atoms with Gasteiger partial charge in [-0.05, 0) is 85.9 Å². The summed E-state index contributed by atoms with van der Waals surface area (Å²) in [7, 11) is 0. The molecule has 164 valence electrons. The summed E-state index contributed by atoms with van der Waals surface area (Å²) in [5.74, 6) is 0. The van der Waals surface area contributed by atoms with E-state index in [0.717, 1.165) is 31.5 Å². The quantitative estimate of drug-likeness (QED) is 0.380. The molecule has 0 bridgehead atoms. The zero-order valence-electron chi connectivity index (χ0n) is 19.5. The van der Waals surface area contributed by atoms with Crippen LogP contribution in [0.2, 0.25) is 10.0 Å². The summed E-state index contributed by atoms with van der Waals surface area (Å²) in [4.78, 5) is 4.90. The second-order valence-electron chi connectivity index (χ2n) is 9.17. The molecule has 5 heteroatoms. The number of nitriles is 1. The molecular weight excluding hydrogens is 401 g/mol. The first kappa shape index (κ1) is 26.2. The highest BCUT2D eigenvalue weighted by Crippen LogP contribution is 2.36. The molecule has 0 aliphatic heterocycles. The van der Waals surface area contributed by atoms with E-state index in [2.05, 4.69) is 71.3 Å². The average molecular weight is 441 g/mol. The molecule has 1 aromatic carbocycles. The van der Waals surface area contributed by atoms with E-state index in [1.54, 1.807) is 0 Å². The van der Waals surface area contributed by atoms with Crippen LogP contribution >= 0.6 is 23.2 Å². The third-order valence-electron chi connectivity index (χ3n) is 5.93. The van der Waals surface area contributed by atoms with E-state index in [1.807, 2.05) is 18.2 Å². The largest absolute Gasteiger partial charge is 0.298 e. The van der Waals surface area contributed by atoms with Gasteiger partial charge in [0.2, 0.25) is 0 Å². The lowest BCUT2D eigenvalue weighted by atomic mass is 9.75. The Morgan fingerprint density at radius 2 is 1.21 bits per heavy atom. The zero-order valence-corrected chi connectivity index (χ0v) is 21.0. The Kier molecular flexibility index (Phi) is 10.5. The molecule has 0 aliphatic rings. The first-order chi connectivity index (χ1) is 13.4. The fourth-order valence-electron chi connectivity index (χ4n) is 4.25. The first-order valence-corrected chi connectivity index (χ1v) is 11.6. The molecular formula is C24H39Cl2N3. The van der Waals surface area contributed by atoms with Crippen molar-refractivity contribution in [1.29, 1.82) is 5.26 Å². The van der Waals surface area contributed by atoms with Crippen LogP contribution in [0.4, 0.5) is 0 Å². The average Bonchev–Trinajstić information content (AvgIpc) is 2.61. The Bertz CT molecular complexity index is 637. The first-order valence-electron chi connectivity index (χ1n) is 10.8. The lowest BCUT2D eigenvalue weighted by molar-refractivity contribution is 0.143. The van der Waals surface area contributed by atoms with Gasteiger partial charge in [-0.25, -0.2) is 0 Å². The number of hydrogen-bond acceptors (Lipinski definition) is 3. The lowest BCUT2D eigenvalue weighted by Crippen LogP contribution is -2.43. The van der Waals surface area contributed by atoms with E-state index in [9.17, 15) is 5.26 Å². The van der Waals surface area contributed by atoms with Gasteiger partial charge in [0.25, 0.3) is 0 Å². The Balaban J connectivity index is 3.27. The van der Waals surface area contributed by atoms with Gasteiger partial charge in [0.05, 0.1) is 21.5 Å². The Morgan fingerprint density at radius 3 is 1.52 bits per heavy atom. The zero-order chi connectivity index (χ0) is 22.4. The van der Waals surface area contributed by atoms with Crippen molar-refractivity contribution >= 4 is 23.2 Å². The normalized spacial score (nSPS) is 12.8. The fraction of sp³-hybridized carbons (Fsp3) is 0.708. The van der Waals surface area contributed by atoms with Gasteiger partial charge in [-0.1, -0.05) is 29.3 Å². The second-order valence-corrected chi connectivity index (χ2v) is 9.99. The van der Waals surface area contributed by atoms with Crippen molar-refractivity contribution in [1.82, 2.24) is 9.80 Å². The number of rotatable bonds is 11. The molecule has 0 aromatic heterocycles. The number of halogens is 2. The summed E-state index contributed by atoms with van der Waals surface area (Å²) in [6.07, 6.45) is 1.53. The van der Waals surface area contributed by atoms with Crippen LogP contribution in [0.25, 0.3) is 0 Å². The highest BCUT2D eigenvalue weighted by Gasteiger charge is 2.35. The minimum absolute atomic E-state index is 0.433. The summed E-state index contributed by atoms with van der Waals surface area (Å²) < 4.78 is 0. The fourth-order valence-corrected chi connectivity index (χ4v) is 4.55. The molecule has 0 amide bonds. The highest BCUT2D eigenvalue weighted by atomic mass is 35.5. The molecule has 1 rings (SSSR count). The number of benzene rings is 1. The topological polar surface area (TPSA) is 30.3 Å². The molecule has 1 aromatic rings. The van der Waals surface area contributed by atoms with Crippen LogP contribution in [0.3, 0.4) is 0 Å². The SMILES string of the molecule is CC(C)N(CCC(C#N)(CCN(C(C)C)C(C)C)c1ccc(Cl)c(Cl)c1)C(C)C. The molecule has 0 heterocycles. The van der Waals surface area contributed by atoms with Crippen LogP contribution in [-0.4, -0.2) is 47.1 Å². The third kappa shape index (κ3) is 7.14. The molecule has 0 fully saturated rings. The molecule has 0 spiro atoms. The summed E-state index contributed by atoms with van der Waals surface area (Å²) in [6, 6.07) is 10.1. The highest BCUT2D eigenvalue weighted by molar-refractivity contribution is 6.42. The minimum atomic E-state index is -0.599. The smallest absolute Gasteiger partial charge is 0.0847 e.